The van der Waals surface area contributed by atoms with Gasteiger partial charge in [0, 0.05) is 7.05 Å². The molecular weight excluding hydrogens is 310 g/mol. The molecule has 2 aromatic carbocycles. The number of rotatable bonds is 6. The highest BCUT2D eigenvalue weighted by molar-refractivity contribution is 6.32. The Hall–Kier alpha value is -2.00. The van der Waals surface area contributed by atoms with Crippen LogP contribution in [0, 0.1) is 6.92 Å². The van der Waals surface area contributed by atoms with Gasteiger partial charge in [0.15, 0.2) is 0 Å². The van der Waals surface area contributed by atoms with Crippen molar-refractivity contribution >= 4 is 17.5 Å². The van der Waals surface area contributed by atoms with Gasteiger partial charge in [0.25, 0.3) is 0 Å². The molecule has 23 heavy (non-hydrogen) atoms. The lowest BCUT2D eigenvalue weighted by Gasteiger charge is -2.14. The molecule has 1 N–H and O–H groups in total. The van der Waals surface area contributed by atoms with Gasteiger partial charge in [-0.3, -0.25) is 4.79 Å². The van der Waals surface area contributed by atoms with Crippen molar-refractivity contribution in [3.63, 3.8) is 0 Å². The fourth-order valence-electron chi connectivity index (χ4n) is 2.43. The summed E-state index contributed by atoms with van der Waals surface area (Å²) in [6, 6.07) is 11.8. The van der Waals surface area contributed by atoms with Crippen LogP contribution in [0.5, 0.6) is 5.75 Å². The predicted molar refractivity (Wildman–Crippen MR) is 94.1 cm³/mol. The van der Waals surface area contributed by atoms with E-state index in [0.29, 0.717) is 23.8 Å². The minimum atomic E-state index is -0.0119. The molecule has 0 fully saturated rings. The van der Waals surface area contributed by atoms with Crippen molar-refractivity contribution < 1.29 is 9.53 Å². The second kappa shape index (κ2) is 8.02. The standard InChI is InChI=1S/C19H22ClNO2/c1-4-14-8-9-18(17(20)10-14)23-12-16-13(2)6-5-7-15(16)11-19(22)21-3/h5-10H,4,11-12H2,1-3H3,(H,21,22). The van der Waals surface area contributed by atoms with Crippen LogP contribution < -0.4 is 10.1 Å². The Morgan fingerprint density at radius 2 is 2.04 bits per heavy atom. The normalized spacial score (nSPS) is 10.4. The first-order valence-electron chi connectivity index (χ1n) is 7.74. The smallest absolute Gasteiger partial charge is 0.224 e. The van der Waals surface area contributed by atoms with E-state index in [-0.39, 0.29) is 5.91 Å². The Kier molecular flexibility index (Phi) is 6.05. The van der Waals surface area contributed by atoms with Crippen LogP contribution in [0.25, 0.3) is 0 Å². The molecule has 0 spiro atoms. The van der Waals surface area contributed by atoms with Crippen molar-refractivity contribution in [3.05, 3.63) is 63.7 Å². The zero-order valence-corrected chi connectivity index (χ0v) is 14.5. The fraction of sp³-hybridized carbons (Fsp3) is 0.316. The highest BCUT2D eigenvalue weighted by atomic mass is 35.5. The van der Waals surface area contributed by atoms with Crippen molar-refractivity contribution in [2.75, 3.05) is 7.05 Å². The third kappa shape index (κ3) is 4.49. The van der Waals surface area contributed by atoms with Crippen molar-refractivity contribution in [3.8, 4) is 5.75 Å². The lowest BCUT2D eigenvalue weighted by Crippen LogP contribution is -2.21. The number of likely N-dealkylation sites (N-methyl/N-ethyl adjacent to an activating group) is 1. The second-order valence-corrected chi connectivity index (χ2v) is 5.88. The van der Waals surface area contributed by atoms with E-state index in [9.17, 15) is 4.79 Å². The quantitative estimate of drug-likeness (QED) is 0.866. The molecule has 0 aliphatic rings. The molecule has 0 radical (unpaired) electrons. The van der Waals surface area contributed by atoms with Gasteiger partial charge in [-0.2, -0.15) is 0 Å². The van der Waals surface area contributed by atoms with Crippen molar-refractivity contribution in [2.24, 2.45) is 0 Å². The summed E-state index contributed by atoms with van der Waals surface area (Å²) in [5.41, 5.74) is 4.30. The second-order valence-electron chi connectivity index (χ2n) is 5.47. The molecule has 122 valence electrons. The minimum Gasteiger partial charge on any atom is -0.487 e. The first kappa shape index (κ1) is 17.4. The summed E-state index contributed by atoms with van der Waals surface area (Å²) in [5.74, 6) is 0.653. The topological polar surface area (TPSA) is 38.3 Å². The van der Waals surface area contributed by atoms with Crippen LogP contribution in [0.1, 0.15) is 29.2 Å². The van der Waals surface area contributed by atoms with E-state index in [1.165, 1.54) is 5.56 Å². The molecule has 0 unspecified atom stereocenters. The first-order chi connectivity index (χ1) is 11.0. The summed E-state index contributed by atoms with van der Waals surface area (Å²) < 4.78 is 5.90. The molecule has 0 atom stereocenters. The summed E-state index contributed by atoms with van der Waals surface area (Å²) in [7, 11) is 1.64. The zero-order chi connectivity index (χ0) is 16.8. The van der Waals surface area contributed by atoms with Crippen molar-refractivity contribution in [2.45, 2.75) is 33.3 Å². The number of hydrogen-bond donors (Lipinski definition) is 1. The van der Waals surface area contributed by atoms with Gasteiger partial charge in [-0.15, -0.1) is 0 Å². The van der Waals surface area contributed by atoms with Gasteiger partial charge in [-0.05, 0) is 47.7 Å². The van der Waals surface area contributed by atoms with Crippen LogP contribution >= 0.6 is 11.6 Å². The van der Waals surface area contributed by atoms with Gasteiger partial charge in [0.1, 0.15) is 12.4 Å². The maximum Gasteiger partial charge on any atom is 0.224 e. The molecule has 0 saturated carbocycles. The zero-order valence-electron chi connectivity index (χ0n) is 13.8. The first-order valence-corrected chi connectivity index (χ1v) is 8.12. The number of halogens is 1. The average Bonchev–Trinajstić information content (AvgIpc) is 2.55. The minimum absolute atomic E-state index is 0.0119. The van der Waals surface area contributed by atoms with E-state index >= 15 is 0 Å². The summed E-state index contributed by atoms with van der Waals surface area (Å²) in [6.07, 6.45) is 1.29. The average molecular weight is 332 g/mol. The van der Waals surface area contributed by atoms with Crippen molar-refractivity contribution in [1.82, 2.24) is 5.32 Å². The third-order valence-corrected chi connectivity index (χ3v) is 4.21. The molecule has 3 nitrogen and oxygen atoms in total. The van der Waals surface area contributed by atoms with Crippen LogP contribution in [0.3, 0.4) is 0 Å². The molecule has 0 aliphatic heterocycles. The van der Waals surface area contributed by atoms with Gasteiger partial charge in [-0.1, -0.05) is 42.8 Å². The Morgan fingerprint density at radius 1 is 1.26 bits per heavy atom. The number of aryl methyl sites for hydroxylation is 2. The fourth-order valence-corrected chi connectivity index (χ4v) is 2.69. The lowest BCUT2D eigenvalue weighted by atomic mass is 10.00. The molecule has 0 bridgehead atoms. The third-order valence-electron chi connectivity index (χ3n) is 3.91. The van der Waals surface area contributed by atoms with Crippen LogP contribution in [0.4, 0.5) is 0 Å². The lowest BCUT2D eigenvalue weighted by molar-refractivity contribution is -0.119. The molecule has 4 heteroatoms. The Labute approximate surface area is 142 Å². The molecule has 0 heterocycles. The van der Waals surface area contributed by atoms with Crippen LogP contribution in [0.15, 0.2) is 36.4 Å². The molecule has 0 aliphatic carbocycles. The summed E-state index contributed by atoms with van der Waals surface area (Å²) >= 11 is 6.27. The van der Waals surface area contributed by atoms with Gasteiger partial charge < -0.3 is 10.1 Å². The number of ether oxygens (including phenoxy) is 1. The monoisotopic (exact) mass is 331 g/mol. The Bertz CT molecular complexity index is 698. The highest BCUT2D eigenvalue weighted by Crippen LogP contribution is 2.27. The molecule has 0 aromatic heterocycles. The molecule has 2 aromatic rings. The SMILES string of the molecule is CCc1ccc(OCc2c(C)cccc2CC(=O)NC)c(Cl)c1. The number of hydrogen-bond acceptors (Lipinski definition) is 2. The van der Waals surface area contributed by atoms with Gasteiger partial charge >= 0.3 is 0 Å². The summed E-state index contributed by atoms with van der Waals surface area (Å²) in [5, 5.41) is 3.27. The van der Waals surface area contributed by atoms with E-state index < -0.39 is 0 Å². The van der Waals surface area contributed by atoms with Crippen LogP contribution in [0.2, 0.25) is 5.02 Å². The van der Waals surface area contributed by atoms with E-state index in [1.807, 2.05) is 43.3 Å². The number of nitrogens with one attached hydrogen (secondary N) is 1. The molecule has 1 amide bonds. The van der Waals surface area contributed by atoms with E-state index in [1.54, 1.807) is 7.05 Å². The van der Waals surface area contributed by atoms with Crippen molar-refractivity contribution in [1.29, 1.82) is 0 Å². The summed E-state index contributed by atoms with van der Waals surface area (Å²) in [6.45, 7) is 4.50. The van der Waals surface area contributed by atoms with Gasteiger partial charge in [0.05, 0.1) is 11.4 Å². The van der Waals surface area contributed by atoms with E-state index in [0.717, 1.165) is 23.1 Å². The van der Waals surface area contributed by atoms with E-state index in [4.69, 9.17) is 16.3 Å². The molecule has 0 saturated heterocycles. The van der Waals surface area contributed by atoms with Crippen LogP contribution in [-0.2, 0) is 24.2 Å². The maximum atomic E-state index is 11.7. The van der Waals surface area contributed by atoms with Gasteiger partial charge in [-0.25, -0.2) is 0 Å². The summed E-state index contributed by atoms with van der Waals surface area (Å²) in [4.78, 5) is 11.7. The largest absolute Gasteiger partial charge is 0.487 e. The maximum absolute atomic E-state index is 11.7. The number of benzene rings is 2. The number of carbonyl (C=O) groups is 1. The van der Waals surface area contributed by atoms with Gasteiger partial charge in [0.2, 0.25) is 5.91 Å². The highest BCUT2D eigenvalue weighted by Gasteiger charge is 2.11. The Morgan fingerprint density at radius 3 is 2.70 bits per heavy atom. The van der Waals surface area contributed by atoms with Crippen LogP contribution in [-0.4, -0.2) is 13.0 Å². The molecular formula is C19H22ClNO2. The Balaban J connectivity index is 2.18. The van der Waals surface area contributed by atoms with E-state index in [2.05, 4.69) is 12.2 Å². The number of carbonyl (C=O) groups excluding carboxylic acids is 1. The predicted octanol–water partition coefficient (Wildman–Crippen LogP) is 4.08. The number of amides is 1. The molecule has 2 rings (SSSR count).